The van der Waals surface area contributed by atoms with Gasteiger partial charge in [-0.3, -0.25) is 4.90 Å². The van der Waals surface area contributed by atoms with Crippen molar-refractivity contribution >= 4 is 12.2 Å². The molecule has 122 valence electrons. The summed E-state index contributed by atoms with van der Waals surface area (Å²) in [4.78, 5) is 2.49. The van der Waals surface area contributed by atoms with Gasteiger partial charge in [0, 0.05) is 19.1 Å². The standard InChI is InChI=1S/C18H24N4S/c23-18-21(17-6-7-17)13-19-22(18)14-20-10-8-16(9-11-20)12-15-4-2-1-3-5-15/h1-5,13,16-17H,6-12,14H2. The average molecular weight is 328 g/mol. The Morgan fingerprint density at radius 1 is 1.04 bits per heavy atom. The van der Waals surface area contributed by atoms with E-state index in [-0.39, 0.29) is 0 Å². The molecule has 0 unspecified atom stereocenters. The van der Waals surface area contributed by atoms with Gasteiger partial charge in [0.05, 0.1) is 6.67 Å². The van der Waals surface area contributed by atoms with E-state index in [1.165, 1.54) is 37.7 Å². The van der Waals surface area contributed by atoms with Crippen molar-refractivity contribution in [2.24, 2.45) is 5.92 Å². The molecular weight excluding hydrogens is 304 g/mol. The normalized spacial score (nSPS) is 20.0. The van der Waals surface area contributed by atoms with Crippen molar-refractivity contribution in [2.45, 2.75) is 44.8 Å². The van der Waals surface area contributed by atoms with Crippen molar-refractivity contribution in [3.63, 3.8) is 0 Å². The van der Waals surface area contributed by atoms with Gasteiger partial charge in [-0.05, 0) is 55.8 Å². The molecule has 1 saturated carbocycles. The third-order valence-electron chi connectivity index (χ3n) is 5.11. The van der Waals surface area contributed by atoms with E-state index in [2.05, 4.69) is 44.9 Å². The first kappa shape index (κ1) is 15.1. The second kappa shape index (κ2) is 6.57. The lowest BCUT2D eigenvalue weighted by atomic mass is 9.90. The third-order valence-corrected chi connectivity index (χ3v) is 5.53. The average Bonchev–Trinajstić information content (AvgIpc) is 3.36. The van der Waals surface area contributed by atoms with Crippen molar-refractivity contribution in [3.05, 3.63) is 47.0 Å². The molecule has 0 bridgehead atoms. The lowest BCUT2D eigenvalue weighted by molar-refractivity contribution is 0.140. The Morgan fingerprint density at radius 3 is 2.48 bits per heavy atom. The maximum atomic E-state index is 5.56. The van der Waals surface area contributed by atoms with Crippen LogP contribution in [0, 0.1) is 10.7 Å². The smallest absolute Gasteiger partial charge is 0.199 e. The maximum absolute atomic E-state index is 5.56. The third kappa shape index (κ3) is 3.56. The van der Waals surface area contributed by atoms with E-state index < -0.39 is 0 Å². The van der Waals surface area contributed by atoms with Crippen LogP contribution in [0.1, 0.15) is 37.3 Å². The predicted octanol–water partition coefficient (Wildman–Crippen LogP) is 3.66. The fourth-order valence-electron chi connectivity index (χ4n) is 3.52. The molecular formula is C18H24N4S. The van der Waals surface area contributed by atoms with Crippen molar-refractivity contribution in [3.8, 4) is 0 Å². The first-order valence-corrected chi connectivity index (χ1v) is 9.10. The summed E-state index contributed by atoms with van der Waals surface area (Å²) in [5, 5.41) is 4.49. The highest BCUT2D eigenvalue weighted by Gasteiger charge is 2.25. The van der Waals surface area contributed by atoms with Gasteiger partial charge in [0.1, 0.15) is 6.33 Å². The van der Waals surface area contributed by atoms with Gasteiger partial charge in [-0.2, -0.15) is 5.10 Å². The highest BCUT2D eigenvalue weighted by molar-refractivity contribution is 7.71. The summed E-state index contributed by atoms with van der Waals surface area (Å²) < 4.78 is 5.04. The van der Waals surface area contributed by atoms with Gasteiger partial charge in [0.25, 0.3) is 0 Å². The molecule has 4 rings (SSSR count). The molecule has 1 aliphatic heterocycles. The van der Waals surface area contributed by atoms with Gasteiger partial charge in [0.15, 0.2) is 4.77 Å². The second-order valence-electron chi connectivity index (χ2n) is 6.94. The summed E-state index contributed by atoms with van der Waals surface area (Å²) in [6.07, 6.45) is 8.18. The molecule has 2 aliphatic rings. The Labute approximate surface area is 142 Å². The second-order valence-corrected chi connectivity index (χ2v) is 7.31. The van der Waals surface area contributed by atoms with Crippen LogP contribution in [0.15, 0.2) is 36.7 Å². The molecule has 2 fully saturated rings. The summed E-state index contributed by atoms with van der Waals surface area (Å²) in [7, 11) is 0. The number of rotatable bonds is 5. The van der Waals surface area contributed by atoms with Crippen LogP contribution in [0.5, 0.6) is 0 Å². The monoisotopic (exact) mass is 328 g/mol. The molecule has 2 aromatic rings. The fraction of sp³-hybridized carbons (Fsp3) is 0.556. The van der Waals surface area contributed by atoms with Gasteiger partial charge < -0.3 is 4.57 Å². The molecule has 0 spiro atoms. The zero-order valence-corrected chi connectivity index (χ0v) is 14.3. The number of likely N-dealkylation sites (tertiary alicyclic amines) is 1. The van der Waals surface area contributed by atoms with E-state index >= 15 is 0 Å². The number of hydrogen-bond acceptors (Lipinski definition) is 3. The Bertz CT molecular complexity index is 693. The van der Waals surface area contributed by atoms with Crippen molar-refractivity contribution in [2.75, 3.05) is 13.1 Å². The minimum Gasteiger partial charge on any atom is -0.303 e. The Hall–Kier alpha value is -1.46. The van der Waals surface area contributed by atoms with E-state index in [0.717, 1.165) is 30.4 Å². The number of piperidine rings is 1. The summed E-state index contributed by atoms with van der Waals surface area (Å²) in [5.41, 5.74) is 1.47. The lowest BCUT2D eigenvalue weighted by Gasteiger charge is -2.31. The van der Waals surface area contributed by atoms with E-state index in [0.29, 0.717) is 6.04 Å². The SMILES string of the molecule is S=c1n(C2CC2)cnn1CN1CCC(Cc2ccccc2)CC1. The van der Waals surface area contributed by atoms with Crippen molar-refractivity contribution in [1.29, 1.82) is 0 Å². The van der Waals surface area contributed by atoms with E-state index in [4.69, 9.17) is 12.2 Å². The topological polar surface area (TPSA) is 26.0 Å². The van der Waals surface area contributed by atoms with Crippen LogP contribution in [0.2, 0.25) is 0 Å². The van der Waals surface area contributed by atoms with Crippen LogP contribution in [0.3, 0.4) is 0 Å². The fourth-order valence-corrected chi connectivity index (χ4v) is 3.82. The van der Waals surface area contributed by atoms with Crippen molar-refractivity contribution < 1.29 is 0 Å². The van der Waals surface area contributed by atoms with Crippen molar-refractivity contribution in [1.82, 2.24) is 19.2 Å². The van der Waals surface area contributed by atoms with Crippen LogP contribution < -0.4 is 0 Å². The molecule has 0 radical (unpaired) electrons. The van der Waals surface area contributed by atoms with E-state index in [1.807, 2.05) is 11.0 Å². The molecule has 1 aromatic carbocycles. The number of benzene rings is 1. The summed E-state index contributed by atoms with van der Waals surface area (Å²) >= 11 is 5.56. The minimum absolute atomic E-state index is 0.618. The summed E-state index contributed by atoms with van der Waals surface area (Å²) in [6.45, 7) is 3.14. The minimum atomic E-state index is 0.618. The molecule has 1 aliphatic carbocycles. The highest BCUT2D eigenvalue weighted by Crippen LogP contribution is 2.34. The lowest BCUT2D eigenvalue weighted by Crippen LogP contribution is -2.36. The van der Waals surface area contributed by atoms with Crippen LogP contribution in [-0.2, 0) is 13.1 Å². The molecule has 4 nitrogen and oxygen atoms in total. The quantitative estimate of drug-likeness (QED) is 0.784. The molecule has 1 saturated heterocycles. The van der Waals surface area contributed by atoms with Crippen LogP contribution in [-0.4, -0.2) is 32.3 Å². The molecule has 0 N–H and O–H groups in total. The van der Waals surface area contributed by atoms with Crippen LogP contribution in [0.4, 0.5) is 0 Å². The van der Waals surface area contributed by atoms with E-state index in [1.54, 1.807) is 0 Å². The number of hydrogen-bond donors (Lipinski definition) is 0. The molecule has 1 aromatic heterocycles. The zero-order chi connectivity index (χ0) is 15.6. The number of aromatic nitrogens is 3. The first-order valence-electron chi connectivity index (χ1n) is 8.70. The Kier molecular flexibility index (Phi) is 4.31. The van der Waals surface area contributed by atoms with E-state index in [9.17, 15) is 0 Å². The van der Waals surface area contributed by atoms with Gasteiger partial charge in [-0.1, -0.05) is 30.3 Å². The maximum Gasteiger partial charge on any atom is 0.199 e. The molecule has 0 amide bonds. The summed E-state index contributed by atoms with van der Waals surface area (Å²) in [6, 6.07) is 11.5. The highest BCUT2D eigenvalue weighted by atomic mass is 32.1. The Balaban J connectivity index is 1.30. The summed E-state index contributed by atoms with van der Waals surface area (Å²) in [5.74, 6) is 0.811. The van der Waals surface area contributed by atoms with Crippen LogP contribution in [0.25, 0.3) is 0 Å². The van der Waals surface area contributed by atoms with Gasteiger partial charge in [-0.25, -0.2) is 4.68 Å². The molecule has 5 heteroatoms. The van der Waals surface area contributed by atoms with Crippen LogP contribution >= 0.6 is 12.2 Å². The first-order chi connectivity index (χ1) is 11.3. The molecule has 0 atom stereocenters. The van der Waals surface area contributed by atoms with Gasteiger partial charge in [-0.15, -0.1) is 0 Å². The zero-order valence-electron chi connectivity index (χ0n) is 13.5. The molecule has 23 heavy (non-hydrogen) atoms. The molecule has 2 heterocycles. The number of nitrogens with zero attached hydrogens (tertiary/aromatic N) is 4. The predicted molar refractivity (Wildman–Crippen MR) is 93.8 cm³/mol. The van der Waals surface area contributed by atoms with Gasteiger partial charge >= 0.3 is 0 Å². The Morgan fingerprint density at radius 2 is 1.78 bits per heavy atom. The largest absolute Gasteiger partial charge is 0.303 e. The van der Waals surface area contributed by atoms with Gasteiger partial charge in [0.2, 0.25) is 0 Å².